The number of carboxylic acid groups (broad SMARTS) is 1. The molecule has 3 N–H and O–H groups in total. The van der Waals surface area contributed by atoms with Crippen LogP contribution in [-0.4, -0.2) is 35.6 Å². The molecule has 0 aliphatic carbocycles. The highest BCUT2D eigenvalue weighted by Crippen LogP contribution is 2.33. The molecule has 0 spiro atoms. The average molecular weight is 198 g/mol. The Kier molecular flexibility index (Phi) is 2.41. The van der Waals surface area contributed by atoms with Gasteiger partial charge in [-0.15, -0.1) is 0 Å². The normalized spacial score (nSPS) is 34.4. The van der Waals surface area contributed by atoms with Crippen LogP contribution in [0.3, 0.4) is 0 Å². The van der Waals surface area contributed by atoms with Crippen molar-refractivity contribution in [1.82, 2.24) is 10.6 Å². The fraction of sp³-hybridized carbons (Fsp3) is 0.778. The number of nitrogens with one attached hydrogen (secondary N) is 2. The molecule has 5 nitrogen and oxygen atoms in total. The molecule has 0 aromatic heterocycles. The number of hydrogen-bond donors (Lipinski definition) is 3. The molecule has 2 heterocycles. The Bertz CT molecular complexity index is 267. The summed E-state index contributed by atoms with van der Waals surface area (Å²) in [4.78, 5) is 21.8. The number of hydrogen-bond acceptors (Lipinski definition) is 3. The summed E-state index contributed by atoms with van der Waals surface area (Å²) in [6.07, 6.45) is 3.04. The van der Waals surface area contributed by atoms with E-state index in [0.717, 1.165) is 19.3 Å². The van der Waals surface area contributed by atoms with Crippen molar-refractivity contribution in [2.75, 3.05) is 6.54 Å². The maximum Gasteiger partial charge on any atom is 0.322 e. The summed E-state index contributed by atoms with van der Waals surface area (Å²) >= 11 is 0. The minimum absolute atomic E-state index is 0.0203. The molecule has 2 fully saturated rings. The van der Waals surface area contributed by atoms with E-state index in [1.807, 2.05) is 0 Å². The zero-order valence-electron chi connectivity index (χ0n) is 7.82. The fourth-order valence-corrected chi connectivity index (χ4v) is 2.41. The number of amides is 1. The van der Waals surface area contributed by atoms with Crippen LogP contribution in [0.15, 0.2) is 0 Å². The Labute approximate surface area is 81.9 Å². The molecule has 3 atom stereocenters. The maximum atomic E-state index is 11.5. The molecule has 2 aliphatic rings. The molecular weight excluding hydrogens is 184 g/mol. The number of aliphatic carboxylic acids is 1. The quantitative estimate of drug-likeness (QED) is 0.562. The summed E-state index contributed by atoms with van der Waals surface area (Å²) in [7, 11) is 0. The lowest BCUT2D eigenvalue weighted by Gasteiger charge is -2.18. The van der Waals surface area contributed by atoms with Crippen LogP contribution in [0.4, 0.5) is 0 Å². The van der Waals surface area contributed by atoms with Gasteiger partial charge in [0.1, 0.15) is 6.54 Å². The maximum absolute atomic E-state index is 11.5. The van der Waals surface area contributed by atoms with Crippen molar-refractivity contribution in [1.29, 1.82) is 0 Å². The second-order valence-electron chi connectivity index (χ2n) is 4.00. The van der Waals surface area contributed by atoms with Gasteiger partial charge < -0.3 is 15.7 Å². The van der Waals surface area contributed by atoms with Crippen LogP contribution < -0.4 is 10.6 Å². The van der Waals surface area contributed by atoms with Gasteiger partial charge in [-0.25, -0.2) is 0 Å². The Morgan fingerprint density at radius 1 is 1.43 bits per heavy atom. The third-order valence-corrected chi connectivity index (χ3v) is 3.05. The first-order valence-electron chi connectivity index (χ1n) is 4.92. The molecule has 78 valence electrons. The number of rotatable bonds is 3. The van der Waals surface area contributed by atoms with Crippen molar-refractivity contribution in [3.8, 4) is 0 Å². The highest BCUT2D eigenvalue weighted by Gasteiger charge is 2.42. The molecule has 2 rings (SSSR count). The zero-order chi connectivity index (χ0) is 10.1. The van der Waals surface area contributed by atoms with Gasteiger partial charge in [-0.05, 0) is 19.3 Å². The van der Waals surface area contributed by atoms with Crippen molar-refractivity contribution < 1.29 is 14.7 Å². The van der Waals surface area contributed by atoms with Crippen molar-refractivity contribution in [2.24, 2.45) is 5.92 Å². The molecule has 0 aromatic carbocycles. The second-order valence-corrected chi connectivity index (χ2v) is 4.00. The van der Waals surface area contributed by atoms with E-state index in [2.05, 4.69) is 10.6 Å². The highest BCUT2D eigenvalue weighted by atomic mass is 16.4. The van der Waals surface area contributed by atoms with E-state index >= 15 is 0 Å². The Morgan fingerprint density at radius 2 is 2.21 bits per heavy atom. The van der Waals surface area contributed by atoms with Gasteiger partial charge in [0.25, 0.3) is 0 Å². The standard InChI is InChI=1S/C9H14N2O3/c12-8(13)4-10-9(14)6-3-5-1-2-7(6)11-5/h5-7,11H,1-4H2,(H,10,14)(H,12,13). The monoisotopic (exact) mass is 198 g/mol. The van der Waals surface area contributed by atoms with E-state index in [4.69, 9.17) is 5.11 Å². The van der Waals surface area contributed by atoms with Gasteiger partial charge in [-0.2, -0.15) is 0 Å². The van der Waals surface area contributed by atoms with Gasteiger partial charge in [-0.1, -0.05) is 0 Å². The summed E-state index contributed by atoms with van der Waals surface area (Å²) in [6, 6.07) is 0.745. The SMILES string of the molecule is O=C(O)CNC(=O)C1CC2CCC1N2. The summed E-state index contributed by atoms with van der Waals surface area (Å²) in [5.41, 5.74) is 0. The molecule has 2 aliphatic heterocycles. The third kappa shape index (κ3) is 1.72. The number of carbonyl (C=O) groups excluding carboxylic acids is 1. The fourth-order valence-electron chi connectivity index (χ4n) is 2.41. The van der Waals surface area contributed by atoms with Crippen LogP contribution in [-0.2, 0) is 9.59 Å². The average Bonchev–Trinajstić information content (AvgIpc) is 2.74. The van der Waals surface area contributed by atoms with E-state index < -0.39 is 5.97 Å². The van der Waals surface area contributed by atoms with Gasteiger partial charge in [-0.3, -0.25) is 9.59 Å². The van der Waals surface area contributed by atoms with Crippen LogP contribution in [0.1, 0.15) is 19.3 Å². The van der Waals surface area contributed by atoms with E-state index in [9.17, 15) is 9.59 Å². The zero-order valence-corrected chi connectivity index (χ0v) is 7.82. The van der Waals surface area contributed by atoms with Gasteiger partial charge in [0, 0.05) is 12.1 Å². The first-order valence-corrected chi connectivity index (χ1v) is 4.92. The lowest BCUT2D eigenvalue weighted by Crippen LogP contribution is -2.39. The van der Waals surface area contributed by atoms with Crippen molar-refractivity contribution in [3.05, 3.63) is 0 Å². The Hall–Kier alpha value is -1.10. The van der Waals surface area contributed by atoms with E-state index in [1.54, 1.807) is 0 Å². The number of fused-ring (bicyclic) bond motifs is 2. The van der Waals surface area contributed by atoms with E-state index in [1.165, 1.54) is 0 Å². The molecule has 2 bridgehead atoms. The van der Waals surface area contributed by atoms with Gasteiger partial charge in [0.2, 0.25) is 5.91 Å². The summed E-state index contributed by atoms with van der Waals surface area (Å²) in [5, 5.41) is 14.2. The number of carboxylic acids is 1. The Balaban J connectivity index is 1.84. The Morgan fingerprint density at radius 3 is 2.71 bits per heavy atom. The van der Waals surface area contributed by atoms with Gasteiger partial charge in [0.15, 0.2) is 0 Å². The van der Waals surface area contributed by atoms with Gasteiger partial charge in [0.05, 0.1) is 5.92 Å². The molecule has 0 radical (unpaired) electrons. The minimum atomic E-state index is -0.991. The van der Waals surface area contributed by atoms with Crippen LogP contribution in [0.5, 0.6) is 0 Å². The van der Waals surface area contributed by atoms with Crippen molar-refractivity contribution in [3.63, 3.8) is 0 Å². The molecule has 14 heavy (non-hydrogen) atoms. The third-order valence-electron chi connectivity index (χ3n) is 3.05. The van der Waals surface area contributed by atoms with Crippen LogP contribution in [0, 0.1) is 5.92 Å². The molecule has 1 amide bonds. The highest BCUT2D eigenvalue weighted by molar-refractivity contribution is 5.83. The number of carbonyl (C=O) groups is 2. The molecule has 5 heteroatoms. The van der Waals surface area contributed by atoms with Crippen LogP contribution >= 0.6 is 0 Å². The van der Waals surface area contributed by atoms with Crippen molar-refractivity contribution in [2.45, 2.75) is 31.3 Å². The largest absolute Gasteiger partial charge is 0.480 e. The first-order chi connectivity index (χ1) is 6.66. The second kappa shape index (κ2) is 3.57. The van der Waals surface area contributed by atoms with Gasteiger partial charge >= 0.3 is 5.97 Å². The lowest BCUT2D eigenvalue weighted by atomic mass is 9.88. The molecule has 2 saturated heterocycles. The molecular formula is C9H14N2O3. The van der Waals surface area contributed by atoms with Crippen LogP contribution in [0.25, 0.3) is 0 Å². The first kappa shape index (κ1) is 9.45. The van der Waals surface area contributed by atoms with E-state index in [-0.39, 0.29) is 24.4 Å². The molecule has 0 aromatic rings. The summed E-state index contributed by atoms with van der Waals surface area (Å²) < 4.78 is 0. The van der Waals surface area contributed by atoms with Crippen LogP contribution in [0.2, 0.25) is 0 Å². The van der Waals surface area contributed by atoms with Crippen molar-refractivity contribution >= 4 is 11.9 Å². The summed E-state index contributed by atoms with van der Waals surface area (Å²) in [6.45, 7) is -0.271. The predicted octanol–water partition coefficient (Wildman–Crippen LogP) is -0.672. The smallest absolute Gasteiger partial charge is 0.322 e. The predicted molar refractivity (Wildman–Crippen MR) is 48.7 cm³/mol. The van der Waals surface area contributed by atoms with E-state index in [0.29, 0.717) is 6.04 Å². The summed E-state index contributed by atoms with van der Waals surface area (Å²) in [5.74, 6) is -1.13. The topological polar surface area (TPSA) is 78.4 Å². The molecule has 3 unspecified atom stereocenters. The molecule has 0 saturated carbocycles. The minimum Gasteiger partial charge on any atom is -0.480 e. The lowest BCUT2D eigenvalue weighted by molar-refractivity contribution is -0.138.